The molecule has 0 aliphatic carbocycles. The fraction of sp³-hybridized carbons (Fsp3) is 0.714. The summed E-state index contributed by atoms with van der Waals surface area (Å²) in [6.07, 6.45) is 3.37. The lowest BCUT2D eigenvalue weighted by Crippen LogP contribution is -1.97. The second-order valence-electron chi connectivity index (χ2n) is 1.78. The summed E-state index contributed by atoms with van der Waals surface area (Å²) in [6.45, 7) is 0.684. The fourth-order valence-corrected chi connectivity index (χ4v) is 0.285. The summed E-state index contributed by atoms with van der Waals surface area (Å²) in [5.41, 5.74) is 4.95. The lowest BCUT2D eigenvalue weighted by Gasteiger charge is -1.78. The number of carbonyl (C=O) groups is 2. The molecule has 11 heavy (non-hydrogen) atoms. The fourth-order valence-electron chi connectivity index (χ4n) is 0.285. The number of rotatable bonds is 5. The standard InChI is InChI=1S/C5H8O2.C2H7NS/c6-4-2-1-3-5-7;3-1-2-4/h4-5H,1-3H2;4H,1-3H2. The minimum Gasteiger partial charge on any atom is -0.330 e. The van der Waals surface area contributed by atoms with Crippen molar-refractivity contribution in [3.8, 4) is 0 Å². The summed E-state index contributed by atoms with van der Waals surface area (Å²) in [6, 6.07) is 0. The normalized spacial score (nSPS) is 7.82. The molecule has 66 valence electrons. The third kappa shape index (κ3) is 26.1. The van der Waals surface area contributed by atoms with Crippen molar-refractivity contribution in [3.05, 3.63) is 0 Å². The predicted molar refractivity (Wildman–Crippen MR) is 48.9 cm³/mol. The number of unbranched alkanes of at least 4 members (excludes halogenated alkanes) is 2. The Kier molecular flexibility index (Phi) is 19.7. The van der Waals surface area contributed by atoms with Crippen molar-refractivity contribution in [2.24, 2.45) is 5.73 Å². The predicted octanol–water partition coefficient (Wildman–Crippen LogP) is 0.429. The Bertz CT molecular complexity index is 78.5. The smallest absolute Gasteiger partial charge is 0.120 e. The van der Waals surface area contributed by atoms with Gasteiger partial charge in [0.05, 0.1) is 0 Å². The van der Waals surface area contributed by atoms with Crippen LogP contribution in [0, 0.1) is 0 Å². The molecule has 0 unspecified atom stereocenters. The highest BCUT2D eigenvalue weighted by molar-refractivity contribution is 7.80. The van der Waals surface area contributed by atoms with E-state index in [0.717, 1.165) is 18.3 Å². The summed E-state index contributed by atoms with van der Waals surface area (Å²) in [7, 11) is 0. The number of aldehydes is 2. The van der Waals surface area contributed by atoms with Gasteiger partial charge < -0.3 is 15.3 Å². The maximum atomic E-state index is 9.56. The van der Waals surface area contributed by atoms with E-state index in [1.54, 1.807) is 0 Å². The third-order valence-corrected chi connectivity index (χ3v) is 1.03. The lowest BCUT2D eigenvalue weighted by molar-refractivity contribution is -0.108. The number of hydrogen-bond donors (Lipinski definition) is 2. The van der Waals surface area contributed by atoms with Gasteiger partial charge in [-0.15, -0.1) is 0 Å². The van der Waals surface area contributed by atoms with E-state index < -0.39 is 0 Å². The molecule has 3 nitrogen and oxygen atoms in total. The molecule has 0 radical (unpaired) electrons. The van der Waals surface area contributed by atoms with Crippen LogP contribution in [0.2, 0.25) is 0 Å². The van der Waals surface area contributed by atoms with E-state index in [1.165, 1.54) is 0 Å². The Morgan fingerprint density at radius 3 is 1.73 bits per heavy atom. The molecule has 0 aromatic rings. The number of nitrogens with two attached hydrogens (primary N) is 1. The number of hydrogen-bond acceptors (Lipinski definition) is 4. The van der Waals surface area contributed by atoms with Gasteiger partial charge in [0.15, 0.2) is 0 Å². The van der Waals surface area contributed by atoms with Crippen LogP contribution in [0.5, 0.6) is 0 Å². The van der Waals surface area contributed by atoms with Crippen molar-refractivity contribution in [3.63, 3.8) is 0 Å². The van der Waals surface area contributed by atoms with Gasteiger partial charge in [-0.05, 0) is 6.42 Å². The number of thiol groups is 1. The second-order valence-corrected chi connectivity index (χ2v) is 2.22. The van der Waals surface area contributed by atoms with Gasteiger partial charge in [-0.25, -0.2) is 0 Å². The van der Waals surface area contributed by atoms with E-state index in [2.05, 4.69) is 12.6 Å². The minimum absolute atomic E-state index is 0.513. The Morgan fingerprint density at radius 2 is 1.55 bits per heavy atom. The zero-order chi connectivity index (χ0) is 8.95. The van der Waals surface area contributed by atoms with Crippen LogP contribution < -0.4 is 5.73 Å². The van der Waals surface area contributed by atoms with E-state index in [4.69, 9.17) is 5.73 Å². The van der Waals surface area contributed by atoms with Crippen LogP contribution in [0.1, 0.15) is 19.3 Å². The Hall–Kier alpha value is -0.350. The molecule has 0 amide bonds. The van der Waals surface area contributed by atoms with Gasteiger partial charge in [0.25, 0.3) is 0 Å². The Balaban J connectivity index is 0. The first-order valence-corrected chi connectivity index (χ1v) is 4.14. The summed E-state index contributed by atoms with van der Waals surface area (Å²) in [5.74, 6) is 0.792. The summed E-state index contributed by atoms with van der Waals surface area (Å²) < 4.78 is 0. The highest BCUT2D eigenvalue weighted by atomic mass is 32.1. The van der Waals surface area contributed by atoms with Crippen molar-refractivity contribution in [2.75, 3.05) is 12.3 Å². The largest absolute Gasteiger partial charge is 0.330 e. The molecule has 0 spiro atoms. The van der Waals surface area contributed by atoms with Gasteiger partial charge in [0.2, 0.25) is 0 Å². The van der Waals surface area contributed by atoms with E-state index in [9.17, 15) is 9.59 Å². The Labute approximate surface area is 72.8 Å². The summed E-state index contributed by atoms with van der Waals surface area (Å²) in [4.78, 5) is 19.1. The molecule has 0 heterocycles. The molecule has 2 N–H and O–H groups in total. The van der Waals surface area contributed by atoms with E-state index in [-0.39, 0.29) is 0 Å². The summed E-state index contributed by atoms with van der Waals surface area (Å²) in [5, 5.41) is 0. The molecule has 0 saturated carbocycles. The second kappa shape index (κ2) is 16.3. The first-order valence-electron chi connectivity index (χ1n) is 3.51. The molecule has 0 saturated heterocycles. The van der Waals surface area contributed by atoms with E-state index in [1.807, 2.05) is 0 Å². The Morgan fingerprint density at radius 1 is 1.18 bits per heavy atom. The molecule has 0 fully saturated rings. The zero-order valence-electron chi connectivity index (χ0n) is 6.53. The van der Waals surface area contributed by atoms with Gasteiger partial charge in [-0.3, -0.25) is 0 Å². The van der Waals surface area contributed by atoms with Gasteiger partial charge in [0.1, 0.15) is 12.6 Å². The molecule has 0 bridgehead atoms. The van der Waals surface area contributed by atoms with Gasteiger partial charge in [-0.2, -0.15) is 12.6 Å². The van der Waals surface area contributed by atoms with Crippen molar-refractivity contribution in [1.82, 2.24) is 0 Å². The molecular formula is C7H15NO2S. The van der Waals surface area contributed by atoms with Crippen LogP contribution in [-0.2, 0) is 9.59 Å². The quantitative estimate of drug-likeness (QED) is 0.364. The molecule has 0 aromatic carbocycles. The van der Waals surface area contributed by atoms with Crippen LogP contribution in [0.15, 0.2) is 0 Å². The number of carbonyl (C=O) groups excluding carboxylic acids is 2. The van der Waals surface area contributed by atoms with Gasteiger partial charge in [0, 0.05) is 25.1 Å². The van der Waals surface area contributed by atoms with Gasteiger partial charge in [-0.1, -0.05) is 0 Å². The minimum atomic E-state index is 0.513. The third-order valence-electron chi connectivity index (χ3n) is 0.773. The first kappa shape index (κ1) is 13.3. The van der Waals surface area contributed by atoms with E-state index >= 15 is 0 Å². The maximum absolute atomic E-state index is 9.56. The van der Waals surface area contributed by atoms with Crippen LogP contribution >= 0.6 is 12.6 Å². The van der Waals surface area contributed by atoms with Crippen LogP contribution in [0.25, 0.3) is 0 Å². The van der Waals surface area contributed by atoms with Crippen molar-refractivity contribution >= 4 is 25.2 Å². The van der Waals surface area contributed by atoms with Gasteiger partial charge >= 0.3 is 0 Å². The van der Waals surface area contributed by atoms with Crippen LogP contribution in [0.4, 0.5) is 0 Å². The SMILES string of the molecule is NCCS.O=CCCCC=O. The monoisotopic (exact) mass is 177 g/mol. The molecule has 0 aromatic heterocycles. The van der Waals surface area contributed by atoms with Crippen LogP contribution in [-0.4, -0.2) is 24.9 Å². The molecular weight excluding hydrogens is 162 g/mol. The van der Waals surface area contributed by atoms with Crippen molar-refractivity contribution < 1.29 is 9.59 Å². The van der Waals surface area contributed by atoms with Crippen LogP contribution in [0.3, 0.4) is 0 Å². The van der Waals surface area contributed by atoms with Crippen molar-refractivity contribution in [1.29, 1.82) is 0 Å². The van der Waals surface area contributed by atoms with E-state index in [0.29, 0.717) is 25.8 Å². The molecule has 0 aliphatic rings. The molecule has 4 heteroatoms. The first-order chi connectivity index (χ1) is 5.33. The maximum Gasteiger partial charge on any atom is 0.120 e. The topological polar surface area (TPSA) is 60.2 Å². The molecule has 0 rings (SSSR count). The average molecular weight is 177 g/mol. The van der Waals surface area contributed by atoms with Crippen molar-refractivity contribution in [2.45, 2.75) is 19.3 Å². The lowest BCUT2D eigenvalue weighted by atomic mass is 10.3. The molecule has 0 atom stereocenters. The molecule has 0 aliphatic heterocycles. The highest BCUT2D eigenvalue weighted by Crippen LogP contribution is 1.85. The highest BCUT2D eigenvalue weighted by Gasteiger charge is 1.80. The average Bonchev–Trinajstić information content (AvgIpc) is 2.06. The zero-order valence-corrected chi connectivity index (χ0v) is 7.43. The summed E-state index contributed by atoms with van der Waals surface area (Å²) >= 11 is 3.80.